The zero-order valence-corrected chi connectivity index (χ0v) is 14.5. The molecule has 0 saturated heterocycles. The van der Waals surface area contributed by atoms with Gasteiger partial charge in [0.2, 0.25) is 0 Å². The molecular formula is C13H12BrF3N2O4S. The molecule has 0 saturated carbocycles. The molecule has 132 valence electrons. The first kappa shape index (κ1) is 20.4. The lowest BCUT2D eigenvalue weighted by molar-refractivity contribution is -0.338. The quantitative estimate of drug-likeness (QED) is 0.756. The first-order valence-corrected chi connectivity index (χ1v) is 8.38. The molecule has 0 bridgehead atoms. The summed E-state index contributed by atoms with van der Waals surface area (Å²) in [5, 5.41) is 0. The molecule has 0 amide bonds. The predicted molar refractivity (Wildman–Crippen MR) is 82.4 cm³/mol. The lowest BCUT2D eigenvalue weighted by Crippen LogP contribution is -2.31. The summed E-state index contributed by atoms with van der Waals surface area (Å²) < 4.78 is 62.8. The standard InChI is InChI=1S/C7H6F3NO3S.C6H6BrNO/c8-7(9,10)14-11-15(12,13)6-4-2-1-3-5-6;1-9-6-2-5(7)3-8-4-6/h1-5,11H;2-4H,1H3. The van der Waals surface area contributed by atoms with Crippen LogP contribution in [0.5, 0.6) is 5.75 Å². The van der Waals surface area contributed by atoms with Gasteiger partial charge < -0.3 is 4.74 Å². The summed E-state index contributed by atoms with van der Waals surface area (Å²) in [5.41, 5.74) is 0. The second-order valence-electron chi connectivity index (χ2n) is 3.99. The molecule has 0 unspecified atom stereocenters. The first-order chi connectivity index (χ1) is 11.1. The third-order valence-corrected chi connectivity index (χ3v) is 3.87. The van der Waals surface area contributed by atoms with Gasteiger partial charge in [0.05, 0.1) is 18.2 Å². The number of pyridine rings is 1. The Morgan fingerprint density at radius 1 is 1.17 bits per heavy atom. The minimum atomic E-state index is -5.05. The van der Waals surface area contributed by atoms with Crippen LogP contribution in [0.1, 0.15) is 0 Å². The van der Waals surface area contributed by atoms with Crippen molar-refractivity contribution in [2.45, 2.75) is 11.3 Å². The van der Waals surface area contributed by atoms with Crippen LogP contribution in [-0.2, 0) is 14.9 Å². The van der Waals surface area contributed by atoms with Gasteiger partial charge in [0.15, 0.2) is 0 Å². The molecule has 0 fully saturated rings. The summed E-state index contributed by atoms with van der Waals surface area (Å²) in [6.07, 6.45) is -1.69. The van der Waals surface area contributed by atoms with Crippen LogP contribution in [0.15, 0.2) is 58.2 Å². The second-order valence-corrected chi connectivity index (χ2v) is 6.55. The normalized spacial score (nSPS) is 11.4. The lowest BCUT2D eigenvalue weighted by Gasteiger charge is -2.08. The molecule has 1 N–H and O–H groups in total. The highest BCUT2D eigenvalue weighted by Gasteiger charge is 2.32. The van der Waals surface area contributed by atoms with Gasteiger partial charge in [0.1, 0.15) is 5.75 Å². The van der Waals surface area contributed by atoms with Gasteiger partial charge in [-0.15, -0.1) is 13.2 Å². The summed E-state index contributed by atoms with van der Waals surface area (Å²) >= 11 is 3.26. The van der Waals surface area contributed by atoms with Gasteiger partial charge >= 0.3 is 6.36 Å². The Balaban J connectivity index is 0.000000272. The van der Waals surface area contributed by atoms with Crippen LogP contribution in [-0.4, -0.2) is 26.9 Å². The van der Waals surface area contributed by atoms with Crippen LogP contribution in [0.4, 0.5) is 13.2 Å². The average Bonchev–Trinajstić information content (AvgIpc) is 2.54. The molecule has 1 heterocycles. The highest BCUT2D eigenvalue weighted by atomic mass is 79.9. The number of halogens is 4. The fraction of sp³-hybridized carbons (Fsp3) is 0.154. The maximum atomic E-state index is 11.6. The Labute approximate surface area is 144 Å². The maximum Gasteiger partial charge on any atom is 0.539 e. The molecule has 1 aromatic carbocycles. The van der Waals surface area contributed by atoms with Gasteiger partial charge in [-0.3, -0.25) is 4.98 Å². The van der Waals surface area contributed by atoms with Gasteiger partial charge in [-0.2, -0.15) is 4.84 Å². The Kier molecular flexibility index (Phi) is 7.60. The lowest BCUT2D eigenvalue weighted by atomic mass is 10.4. The van der Waals surface area contributed by atoms with E-state index >= 15 is 0 Å². The smallest absolute Gasteiger partial charge is 0.495 e. The van der Waals surface area contributed by atoms with Crippen molar-refractivity contribution in [1.82, 2.24) is 9.87 Å². The number of rotatable bonds is 4. The van der Waals surface area contributed by atoms with Crippen molar-refractivity contribution in [2.75, 3.05) is 7.11 Å². The second kappa shape index (κ2) is 8.97. The number of aromatic nitrogens is 1. The van der Waals surface area contributed by atoms with E-state index in [9.17, 15) is 21.6 Å². The molecule has 6 nitrogen and oxygen atoms in total. The van der Waals surface area contributed by atoms with Crippen LogP contribution in [0, 0.1) is 0 Å². The number of hydrogen-bond acceptors (Lipinski definition) is 5. The molecule has 0 aliphatic heterocycles. The zero-order valence-electron chi connectivity index (χ0n) is 12.1. The van der Waals surface area contributed by atoms with Crippen LogP contribution in [0.25, 0.3) is 0 Å². The molecule has 0 spiro atoms. The number of hydrogen-bond donors (Lipinski definition) is 1. The third-order valence-electron chi connectivity index (χ3n) is 2.24. The Morgan fingerprint density at radius 2 is 1.79 bits per heavy atom. The van der Waals surface area contributed by atoms with E-state index in [1.165, 1.54) is 18.2 Å². The number of methoxy groups -OCH3 is 1. The van der Waals surface area contributed by atoms with Crippen LogP contribution < -0.4 is 9.62 Å². The predicted octanol–water partition coefficient (Wildman–Crippen LogP) is 3.27. The van der Waals surface area contributed by atoms with Crippen LogP contribution in [0.3, 0.4) is 0 Å². The van der Waals surface area contributed by atoms with E-state index in [0.717, 1.165) is 27.2 Å². The fourth-order valence-electron chi connectivity index (χ4n) is 1.25. The van der Waals surface area contributed by atoms with Crippen molar-refractivity contribution in [3.8, 4) is 5.75 Å². The van der Waals surface area contributed by atoms with E-state index in [1.807, 2.05) is 6.07 Å². The highest BCUT2D eigenvalue weighted by Crippen LogP contribution is 2.16. The van der Waals surface area contributed by atoms with E-state index in [0.29, 0.717) is 0 Å². The van der Waals surface area contributed by atoms with E-state index in [4.69, 9.17) is 4.74 Å². The molecular weight excluding hydrogens is 417 g/mol. The summed E-state index contributed by atoms with van der Waals surface area (Å²) in [7, 11) is -2.67. The molecule has 2 aromatic rings. The monoisotopic (exact) mass is 428 g/mol. The van der Waals surface area contributed by atoms with E-state index in [-0.39, 0.29) is 4.90 Å². The molecule has 0 atom stereocenters. The minimum absolute atomic E-state index is 0.311. The SMILES string of the molecule is COc1cncc(Br)c1.O=S(=O)(NOC(F)(F)F)c1ccccc1. The van der Waals surface area contributed by atoms with Gasteiger partial charge in [-0.1, -0.05) is 23.1 Å². The van der Waals surface area contributed by atoms with Crippen molar-refractivity contribution in [3.05, 3.63) is 53.3 Å². The molecule has 24 heavy (non-hydrogen) atoms. The molecule has 0 radical (unpaired) electrons. The maximum absolute atomic E-state index is 11.6. The van der Waals surface area contributed by atoms with Crippen LogP contribution in [0.2, 0.25) is 0 Å². The van der Waals surface area contributed by atoms with Crippen molar-refractivity contribution in [2.24, 2.45) is 0 Å². The molecule has 2 rings (SSSR count). The van der Waals surface area contributed by atoms with E-state index in [1.54, 1.807) is 19.5 Å². The number of alkyl halides is 3. The van der Waals surface area contributed by atoms with E-state index < -0.39 is 16.4 Å². The number of ether oxygens (including phenoxy) is 1. The molecule has 0 aliphatic rings. The third kappa shape index (κ3) is 7.73. The number of nitrogens with one attached hydrogen (secondary N) is 1. The summed E-state index contributed by atoms with van der Waals surface area (Å²) in [6, 6.07) is 8.42. The summed E-state index contributed by atoms with van der Waals surface area (Å²) in [6.45, 7) is 0. The Hall–Kier alpha value is -1.69. The van der Waals surface area contributed by atoms with Crippen molar-refractivity contribution in [3.63, 3.8) is 0 Å². The summed E-state index contributed by atoms with van der Waals surface area (Å²) in [4.78, 5) is 7.55. The zero-order chi connectivity index (χ0) is 18.2. The number of nitrogens with zero attached hydrogens (tertiary/aromatic N) is 1. The fourth-order valence-corrected chi connectivity index (χ4v) is 2.41. The minimum Gasteiger partial charge on any atom is -0.495 e. The van der Waals surface area contributed by atoms with Crippen LogP contribution >= 0.6 is 15.9 Å². The van der Waals surface area contributed by atoms with Gasteiger partial charge in [0.25, 0.3) is 10.0 Å². The average molecular weight is 429 g/mol. The van der Waals surface area contributed by atoms with Gasteiger partial charge in [-0.05, 0) is 34.1 Å². The van der Waals surface area contributed by atoms with Gasteiger partial charge in [0, 0.05) is 10.7 Å². The van der Waals surface area contributed by atoms with Gasteiger partial charge in [-0.25, -0.2) is 8.42 Å². The number of sulfonamides is 1. The van der Waals surface area contributed by atoms with Crippen molar-refractivity contribution in [1.29, 1.82) is 0 Å². The molecule has 1 aromatic heterocycles. The topological polar surface area (TPSA) is 77.5 Å². The van der Waals surface area contributed by atoms with Crippen molar-refractivity contribution < 1.29 is 31.2 Å². The number of benzene rings is 1. The molecule has 11 heteroatoms. The van der Waals surface area contributed by atoms with E-state index in [2.05, 4.69) is 25.8 Å². The molecule has 0 aliphatic carbocycles. The largest absolute Gasteiger partial charge is 0.539 e. The summed E-state index contributed by atoms with van der Waals surface area (Å²) in [5.74, 6) is 0.768. The Morgan fingerprint density at radius 3 is 2.25 bits per heavy atom. The first-order valence-electron chi connectivity index (χ1n) is 6.10. The van der Waals surface area contributed by atoms with Crippen molar-refractivity contribution >= 4 is 26.0 Å². The highest BCUT2D eigenvalue weighted by molar-refractivity contribution is 9.10. The Bertz CT molecular complexity index is 742.